The molecule has 0 saturated carbocycles. The van der Waals surface area contributed by atoms with Crippen LogP contribution in [-0.2, 0) is 11.3 Å². The van der Waals surface area contributed by atoms with Crippen LogP contribution in [0.25, 0.3) is 10.9 Å². The standard InChI is InChI=1S/C17H21N3O/c1-13(12-20-9-3-5-17(20)21)19-11-14-6-7-16-15(10-14)4-2-8-18-16/h2,4,6-8,10,13,19H,3,5,9,11-12H2,1H3. The van der Waals surface area contributed by atoms with Crippen LogP contribution in [0, 0.1) is 0 Å². The second-order valence-electron chi connectivity index (χ2n) is 5.76. The van der Waals surface area contributed by atoms with Crippen molar-refractivity contribution in [2.24, 2.45) is 0 Å². The number of likely N-dealkylation sites (tertiary alicyclic amines) is 1. The Morgan fingerprint density at radius 1 is 1.38 bits per heavy atom. The van der Waals surface area contributed by atoms with Gasteiger partial charge < -0.3 is 10.2 Å². The van der Waals surface area contributed by atoms with Gasteiger partial charge >= 0.3 is 0 Å². The molecule has 21 heavy (non-hydrogen) atoms. The number of fused-ring (bicyclic) bond motifs is 1. The molecular formula is C17H21N3O. The normalized spacial score (nSPS) is 16.6. The summed E-state index contributed by atoms with van der Waals surface area (Å²) in [6, 6.07) is 10.7. The van der Waals surface area contributed by atoms with E-state index >= 15 is 0 Å². The lowest BCUT2D eigenvalue weighted by molar-refractivity contribution is -0.127. The van der Waals surface area contributed by atoms with E-state index in [1.165, 1.54) is 10.9 Å². The first kappa shape index (κ1) is 14.0. The van der Waals surface area contributed by atoms with Crippen molar-refractivity contribution in [2.75, 3.05) is 13.1 Å². The van der Waals surface area contributed by atoms with Gasteiger partial charge in [-0.1, -0.05) is 12.1 Å². The van der Waals surface area contributed by atoms with Gasteiger partial charge in [0, 0.05) is 43.7 Å². The summed E-state index contributed by atoms with van der Waals surface area (Å²) in [5.74, 6) is 0.292. The molecule has 0 radical (unpaired) electrons. The van der Waals surface area contributed by atoms with Crippen LogP contribution >= 0.6 is 0 Å². The summed E-state index contributed by atoms with van der Waals surface area (Å²) in [4.78, 5) is 17.9. The minimum Gasteiger partial charge on any atom is -0.341 e. The van der Waals surface area contributed by atoms with Crippen molar-refractivity contribution in [3.8, 4) is 0 Å². The molecule has 1 aliphatic heterocycles. The molecular weight excluding hydrogens is 262 g/mol. The molecule has 1 amide bonds. The van der Waals surface area contributed by atoms with Gasteiger partial charge in [-0.25, -0.2) is 0 Å². The Balaban J connectivity index is 1.56. The second kappa shape index (κ2) is 6.22. The zero-order valence-corrected chi connectivity index (χ0v) is 12.4. The molecule has 1 aromatic heterocycles. The fourth-order valence-corrected chi connectivity index (χ4v) is 2.82. The van der Waals surface area contributed by atoms with Gasteiger partial charge in [0.2, 0.25) is 5.91 Å². The first-order valence-electron chi connectivity index (χ1n) is 7.57. The number of nitrogens with zero attached hydrogens (tertiary/aromatic N) is 2. The highest BCUT2D eigenvalue weighted by molar-refractivity contribution is 5.79. The van der Waals surface area contributed by atoms with Crippen molar-refractivity contribution in [3.63, 3.8) is 0 Å². The number of benzene rings is 1. The van der Waals surface area contributed by atoms with E-state index in [-0.39, 0.29) is 0 Å². The molecule has 0 spiro atoms. The maximum atomic E-state index is 11.6. The van der Waals surface area contributed by atoms with Gasteiger partial charge in [-0.2, -0.15) is 0 Å². The molecule has 1 atom stereocenters. The van der Waals surface area contributed by atoms with Crippen molar-refractivity contribution >= 4 is 16.8 Å². The third kappa shape index (κ3) is 3.39. The molecule has 1 unspecified atom stereocenters. The minimum atomic E-state index is 0.292. The first-order valence-corrected chi connectivity index (χ1v) is 7.57. The molecule has 0 bridgehead atoms. The summed E-state index contributed by atoms with van der Waals surface area (Å²) in [6.07, 6.45) is 3.53. The predicted molar refractivity (Wildman–Crippen MR) is 83.9 cm³/mol. The smallest absolute Gasteiger partial charge is 0.222 e. The van der Waals surface area contributed by atoms with Crippen LogP contribution in [0.3, 0.4) is 0 Å². The number of carbonyl (C=O) groups excluding carboxylic acids is 1. The van der Waals surface area contributed by atoms with Gasteiger partial charge in [0.15, 0.2) is 0 Å². The average molecular weight is 283 g/mol. The Labute approximate surface area is 125 Å². The molecule has 4 nitrogen and oxygen atoms in total. The number of aromatic nitrogens is 1. The predicted octanol–water partition coefficient (Wildman–Crippen LogP) is 2.34. The summed E-state index contributed by atoms with van der Waals surface area (Å²) in [7, 11) is 0. The van der Waals surface area contributed by atoms with Crippen LogP contribution in [0.1, 0.15) is 25.3 Å². The van der Waals surface area contributed by atoms with E-state index in [0.717, 1.165) is 31.6 Å². The molecule has 4 heteroatoms. The number of hydrogen-bond donors (Lipinski definition) is 1. The van der Waals surface area contributed by atoms with Crippen molar-refractivity contribution in [2.45, 2.75) is 32.4 Å². The highest BCUT2D eigenvalue weighted by Gasteiger charge is 2.21. The number of pyridine rings is 1. The summed E-state index contributed by atoms with van der Waals surface area (Å²) in [6.45, 7) is 4.66. The molecule has 110 valence electrons. The van der Waals surface area contributed by atoms with Crippen molar-refractivity contribution in [1.29, 1.82) is 0 Å². The number of rotatable bonds is 5. The van der Waals surface area contributed by atoms with Crippen LogP contribution in [0.4, 0.5) is 0 Å². The zero-order chi connectivity index (χ0) is 14.7. The molecule has 1 fully saturated rings. The van der Waals surface area contributed by atoms with E-state index in [1.807, 2.05) is 17.2 Å². The van der Waals surface area contributed by atoms with Crippen LogP contribution in [0.15, 0.2) is 36.5 Å². The highest BCUT2D eigenvalue weighted by atomic mass is 16.2. The van der Waals surface area contributed by atoms with E-state index < -0.39 is 0 Å². The topological polar surface area (TPSA) is 45.2 Å². The summed E-state index contributed by atoms with van der Waals surface area (Å²) >= 11 is 0. The molecule has 1 aliphatic rings. The highest BCUT2D eigenvalue weighted by Crippen LogP contribution is 2.14. The van der Waals surface area contributed by atoms with Gasteiger partial charge in [-0.05, 0) is 37.1 Å². The van der Waals surface area contributed by atoms with E-state index in [1.54, 1.807) is 0 Å². The maximum absolute atomic E-state index is 11.6. The fraction of sp³-hybridized carbons (Fsp3) is 0.412. The third-order valence-electron chi connectivity index (χ3n) is 3.99. The Morgan fingerprint density at radius 2 is 2.29 bits per heavy atom. The summed E-state index contributed by atoms with van der Waals surface area (Å²) < 4.78 is 0. The zero-order valence-electron chi connectivity index (χ0n) is 12.4. The number of nitrogens with one attached hydrogen (secondary N) is 1. The SMILES string of the molecule is CC(CN1CCCC1=O)NCc1ccc2ncccc2c1. The van der Waals surface area contributed by atoms with Gasteiger partial charge in [-0.3, -0.25) is 9.78 Å². The van der Waals surface area contributed by atoms with Crippen LogP contribution in [0.2, 0.25) is 0 Å². The van der Waals surface area contributed by atoms with Gasteiger partial charge in [-0.15, -0.1) is 0 Å². The molecule has 1 N–H and O–H groups in total. The van der Waals surface area contributed by atoms with E-state index in [0.29, 0.717) is 18.4 Å². The lowest BCUT2D eigenvalue weighted by Gasteiger charge is -2.21. The maximum Gasteiger partial charge on any atom is 0.222 e. The van der Waals surface area contributed by atoms with Gasteiger partial charge in [0.25, 0.3) is 0 Å². The van der Waals surface area contributed by atoms with Crippen molar-refractivity contribution < 1.29 is 4.79 Å². The van der Waals surface area contributed by atoms with E-state index in [9.17, 15) is 4.79 Å². The fourth-order valence-electron chi connectivity index (χ4n) is 2.82. The number of hydrogen-bond acceptors (Lipinski definition) is 3. The molecule has 2 heterocycles. The van der Waals surface area contributed by atoms with Gasteiger partial charge in [0.05, 0.1) is 5.52 Å². The van der Waals surface area contributed by atoms with Crippen molar-refractivity contribution in [3.05, 3.63) is 42.1 Å². The van der Waals surface area contributed by atoms with Crippen LogP contribution in [-0.4, -0.2) is 34.9 Å². The van der Waals surface area contributed by atoms with Crippen molar-refractivity contribution in [1.82, 2.24) is 15.2 Å². The largest absolute Gasteiger partial charge is 0.341 e. The van der Waals surface area contributed by atoms with Gasteiger partial charge in [0.1, 0.15) is 0 Å². The Kier molecular flexibility index (Phi) is 4.15. The first-order chi connectivity index (χ1) is 10.2. The minimum absolute atomic E-state index is 0.292. The van der Waals surface area contributed by atoms with E-state index in [2.05, 4.69) is 41.5 Å². The summed E-state index contributed by atoms with van der Waals surface area (Å²) in [5, 5.41) is 4.66. The lowest BCUT2D eigenvalue weighted by atomic mass is 10.1. The average Bonchev–Trinajstić information content (AvgIpc) is 2.90. The van der Waals surface area contributed by atoms with E-state index in [4.69, 9.17) is 0 Å². The Bertz CT molecular complexity index is 641. The molecule has 1 aromatic carbocycles. The Morgan fingerprint density at radius 3 is 3.10 bits per heavy atom. The monoisotopic (exact) mass is 283 g/mol. The number of carbonyl (C=O) groups is 1. The molecule has 3 rings (SSSR count). The van der Waals surface area contributed by atoms with Crippen LogP contribution < -0.4 is 5.32 Å². The Hall–Kier alpha value is -1.94. The third-order valence-corrected chi connectivity index (χ3v) is 3.99. The lowest BCUT2D eigenvalue weighted by Crippen LogP contribution is -2.39. The quantitative estimate of drug-likeness (QED) is 0.916. The molecule has 2 aromatic rings. The molecule has 0 aliphatic carbocycles. The second-order valence-corrected chi connectivity index (χ2v) is 5.76. The summed E-state index contributed by atoms with van der Waals surface area (Å²) in [5.41, 5.74) is 2.27. The number of amides is 1. The van der Waals surface area contributed by atoms with Crippen LogP contribution in [0.5, 0.6) is 0 Å². The molecule has 1 saturated heterocycles.